The van der Waals surface area contributed by atoms with Crippen molar-refractivity contribution < 1.29 is 29.2 Å². The first kappa shape index (κ1) is 16.3. The number of ether oxygens (including phenoxy) is 4. The van der Waals surface area contributed by atoms with Gasteiger partial charge in [0.25, 0.3) is 0 Å². The van der Waals surface area contributed by atoms with Gasteiger partial charge in [0.1, 0.15) is 23.4 Å². The van der Waals surface area contributed by atoms with Crippen molar-refractivity contribution in [3.8, 4) is 28.7 Å². The van der Waals surface area contributed by atoms with Crippen LogP contribution >= 0.6 is 0 Å². The van der Waals surface area contributed by atoms with Gasteiger partial charge >= 0.3 is 0 Å². The zero-order chi connectivity index (χ0) is 17.3. The highest BCUT2D eigenvalue weighted by atomic mass is 16.5. The lowest BCUT2D eigenvalue weighted by molar-refractivity contribution is 0.0196. The third kappa shape index (κ3) is 2.80. The van der Waals surface area contributed by atoms with Crippen molar-refractivity contribution in [2.45, 2.75) is 18.6 Å². The van der Waals surface area contributed by atoms with Gasteiger partial charge < -0.3 is 29.2 Å². The van der Waals surface area contributed by atoms with E-state index in [9.17, 15) is 10.2 Å². The molecule has 6 nitrogen and oxygen atoms in total. The lowest BCUT2D eigenvalue weighted by Gasteiger charge is -2.32. The van der Waals surface area contributed by atoms with E-state index in [1.165, 1.54) is 13.2 Å². The highest BCUT2D eigenvalue weighted by Gasteiger charge is 2.32. The molecule has 2 aromatic rings. The molecule has 0 fully saturated rings. The van der Waals surface area contributed by atoms with Crippen molar-refractivity contribution >= 4 is 0 Å². The van der Waals surface area contributed by atoms with Gasteiger partial charge in [-0.2, -0.15) is 0 Å². The van der Waals surface area contributed by atoms with Crippen molar-refractivity contribution in [1.82, 2.24) is 0 Å². The summed E-state index contributed by atoms with van der Waals surface area (Å²) in [5.41, 5.74) is 1.51. The lowest BCUT2D eigenvalue weighted by Crippen LogP contribution is -2.30. The molecule has 0 unspecified atom stereocenters. The predicted molar refractivity (Wildman–Crippen MR) is 87.3 cm³/mol. The number of aromatic hydroxyl groups is 1. The van der Waals surface area contributed by atoms with E-state index in [4.69, 9.17) is 18.9 Å². The maximum Gasteiger partial charge on any atom is 0.160 e. The largest absolute Gasteiger partial charge is 0.504 e. The maximum atomic E-state index is 10.5. The van der Waals surface area contributed by atoms with E-state index in [1.54, 1.807) is 38.5 Å². The molecule has 0 aliphatic carbocycles. The van der Waals surface area contributed by atoms with Crippen LogP contribution in [0.3, 0.4) is 0 Å². The number of rotatable bonds is 4. The number of aliphatic hydroxyl groups excluding tert-OH is 1. The normalized spacial score (nSPS) is 19.2. The maximum absolute atomic E-state index is 10.5. The molecule has 2 aromatic carbocycles. The zero-order valence-electron chi connectivity index (χ0n) is 13.8. The fourth-order valence-electron chi connectivity index (χ4n) is 2.89. The van der Waals surface area contributed by atoms with Gasteiger partial charge in [0.2, 0.25) is 0 Å². The molecular formula is C18H20O6. The van der Waals surface area contributed by atoms with Crippen molar-refractivity contribution in [3.63, 3.8) is 0 Å². The lowest BCUT2D eigenvalue weighted by atomic mass is 9.94. The molecule has 0 radical (unpaired) electrons. The quantitative estimate of drug-likeness (QED) is 0.895. The Kier molecular flexibility index (Phi) is 4.40. The number of phenols is 1. The second kappa shape index (κ2) is 6.49. The molecule has 2 atom stereocenters. The molecule has 24 heavy (non-hydrogen) atoms. The van der Waals surface area contributed by atoms with E-state index >= 15 is 0 Å². The minimum Gasteiger partial charge on any atom is -0.504 e. The molecule has 3 rings (SSSR count). The molecule has 2 N–H and O–H groups in total. The van der Waals surface area contributed by atoms with E-state index in [0.29, 0.717) is 35.0 Å². The van der Waals surface area contributed by atoms with Crippen molar-refractivity contribution in [1.29, 1.82) is 0 Å². The Hall–Kier alpha value is -2.60. The summed E-state index contributed by atoms with van der Waals surface area (Å²) in [6.45, 7) is 0. The number of hydrogen-bond acceptors (Lipinski definition) is 6. The fraction of sp³-hybridized carbons (Fsp3) is 0.333. The fourth-order valence-corrected chi connectivity index (χ4v) is 2.89. The van der Waals surface area contributed by atoms with Crippen molar-refractivity contribution in [2.75, 3.05) is 21.3 Å². The molecule has 0 saturated heterocycles. The standard InChI is InChI=1S/C18H20O6/c1-21-11-7-15(22-2)12-9-14(20)18(24-16(12)8-11)10-4-5-13(19)17(6-10)23-3/h4-8,14,18-20H,9H2,1-3H3/t14-,18-/m1/s1. The van der Waals surface area contributed by atoms with E-state index < -0.39 is 12.2 Å². The van der Waals surface area contributed by atoms with Gasteiger partial charge in [-0.1, -0.05) is 6.07 Å². The monoisotopic (exact) mass is 332 g/mol. The van der Waals surface area contributed by atoms with Crippen LogP contribution in [0.25, 0.3) is 0 Å². The van der Waals surface area contributed by atoms with Gasteiger partial charge in [-0.25, -0.2) is 0 Å². The number of aliphatic hydroxyl groups is 1. The number of fused-ring (bicyclic) bond motifs is 1. The molecule has 1 aliphatic rings. The number of benzene rings is 2. The average molecular weight is 332 g/mol. The van der Waals surface area contributed by atoms with E-state index in [1.807, 2.05) is 0 Å². The van der Waals surface area contributed by atoms with Gasteiger partial charge in [0.05, 0.1) is 27.4 Å². The summed E-state index contributed by atoms with van der Waals surface area (Å²) in [6, 6.07) is 8.42. The Morgan fingerprint density at radius 2 is 1.75 bits per heavy atom. The van der Waals surface area contributed by atoms with Crippen LogP contribution in [0.1, 0.15) is 17.2 Å². The molecule has 0 amide bonds. The van der Waals surface area contributed by atoms with Crippen LogP contribution in [0.15, 0.2) is 30.3 Å². The first-order valence-corrected chi connectivity index (χ1v) is 7.54. The van der Waals surface area contributed by atoms with Gasteiger partial charge in [-0.15, -0.1) is 0 Å². The van der Waals surface area contributed by atoms with Gasteiger partial charge in [0, 0.05) is 24.1 Å². The average Bonchev–Trinajstić information content (AvgIpc) is 2.61. The summed E-state index contributed by atoms with van der Waals surface area (Å²) in [5.74, 6) is 2.20. The van der Waals surface area contributed by atoms with Crippen LogP contribution in [-0.2, 0) is 6.42 Å². The first-order valence-electron chi connectivity index (χ1n) is 7.54. The second-order valence-electron chi connectivity index (χ2n) is 5.55. The molecule has 0 aromatic heterocycles. The topological polar surface area (TPSA) is 77.4 Å². The third-order valence-electron chi connectivity index (χ3n) is 4.15. The van der Waals surface area contributed by atoms with Crippen molar-refractivity contribution in [3.05, 3.63) is 41.5 Å². The summed E-state index contributed by atoms with van der Waals surface area (Å²) in [6.07, 6.45) is -0.950. The Morgan fingerprint density at radius 3 is 2.42 bits per heavy atom. The van der Waals surface area contributed by atoms with E-state index in [-0.39, 0.29) is 5.75 Å². The highest BCUT2D eigenvalue weighted by molar-refractivity contribution is 5.53. The first-order chi connectivity index (χ1) is 11.6. The van der Waals surface area contributed by atoms with Gasteiger partial charge in [-0.3, -0.25) is 0 Å². The molecule has 0 bridgehead atoms. The minimum atomic E-state index is -0.756. The van der Waals surface area contributed by atoms with Crippen LogP contribution in [0, 0.1) is 0 Å². The predicted octanol–water partition coefficient (Wildman–Crippen LogP) is 2.46. The summed E-state index contributed by atoms with van der Waals surface area (Å²) in [5, 5.41) is 20.3. The second-order valence-corrected chi connectivity index (χ2v) is 5.55. The Balaban J connectivity index is 2.00. The summed E-state index contributed by atoms with van der Waals surface area (Å²) in [7, 11) is 4.61. The summed E-state index contributed by atoms with van der Waals surface area (Å²) < 4.78 is 21.8. The SMILES string of the molecule is COc1cc(OC)c2c(c1)O[C@H](c1ccc(O)c(OC)c1)[C@H](O)C2. The van der Waals surface area contributed by atoms with Gasteiger partial charge in [-0.05, 0) is 17.7 Å². The van der Waals surface area contributed by atoms with Gasteiger partial charge in [0.15, 0.2) is 11.5 Å². The highest BCUT2D eigenvalue weighted by Crippen LogP contribution is 2.43. The molecule has 1 aliphatic heterocycles. The molecule has 0 spiro atoms. The van der Waals surface area contributed by atoms with E-state index in [2.05, 4.69) is 0 Å². The summed E-state index contributed by atoms with van der Waals surface area (Å²) >= 11 is 0. The van der Waals surface area contributed by atoms with Crippen molar-refractivity contribution in [2.24, 2.45) is 0 Å². The Bertz CT molecular complexity index is 743. The number of methoxy groups -OCH3 is 3. The molecule has 6 heteroatoms. The molecular weight excluding hydrogens is 312 g/mol. The minimum absolute atomic E-state index is 0.0373. The van der Waals surface area contributed by atoms with Crippen LogP contribution in [0.5, 0.6) is 28.7 Å². The molecule has 128 valence electrons. The third-order valence-corrected chi connectivity index (χ3v) is 4.15. The molecule has 1 heterocycles. The molecule has 0 saturated carbocycles. The van der Waals surface area contributed by atoms with Crippen LogP contribution in [0.2, 0.25) is 0 Å². The van der Waals surface area contributed by atoms with Crippen LogP contribution < -0.4 is 18.9 Å². The number of hydrogen-bond donors (Lipinski definition) is 2. The zero-order valence-corrected chi connectivity index (χ0v) is 13.8. The Labute approximate surface area is 140 Å². The van der Waals surface area contributed by atoms with Crippen LogP contribution in [0.4, 0.5) is 0 Å². The number of phenolic OH excluding ortho intramolecular Hbond substituents is 1. The van der Waals surface area contributed by atoms with Crippen LogP contribution in [-0.4, -0.2) is 37.6 Å². The smallest absolute Gasteiger partial charge is 0.160 e. The summed E-state index contributed by atoms with van der Waals surface area (Å²) in [4.78, 5) is 0. The Morgan fingerprint density at radius 1 is 1.00 bits per heavy atom. The van der Waals surface area contributed by atoms with E-state index in [0.717, 1.165) is 5.56 Å².